The van der Waals surface area contributed by atoms with E-state index in [4.69, 9.17) is 0 Å². The second kappa shape index (κ2) is 4.61. The van der Waals surface area contributed by atoms with Gasteiger partial charge in [-0.2, -0.15) is 0 Å². The van der Waals surface area contributed by atoms with Gasteiger partial charge in [0.25, 0.3) is 0 Å². The molecule has 4 unspecified atom stereocenters. The smallest absolute Gasteiger partial charge is 0.331 e. The van der Waals surface area contributed by atoms with Crippen molar-refractivity contribution in [1.29, 1.82) is 0 Å². The Hall–Kier alpha value is -1.77. The van der Waals surface area contributed by atoms with Gasteiger partial charge in [-0.05, 0) is 73.1 Å². The molecule has 0 saturated heterocycles. The third-order valence-corrected chi connectivity index (χ3v) is 6.52. The number of phenols is 1. The molecule has 1 fully saturated rings. The molecule has 22 heavy (non-hydrogen) atoms. The summed E-state index contributed by atoms with van der Waals surface area (Å²) in [4.78, 5) is 11.6. The Morgan fingerprint density at radius 2 is 2.14 bits per heavy atom. The van der Waals surface area contributed by atoms with E-state index in [2.05, 4.69) is 13.0 Å². The van der Waals surface area contributed by atoms with Crippen LogP contribution in [-0.2, 0) is 11.2 Å². The predicted molar refractivity (Wildman–Crippen MR) is 83.8 cm³/mol. The largest absolute Gasteiger partial charge is 0.508 e. The van der Waals surface area contributed by atoms with E-state index in [0.717, 1.165) is 32.1 Å². The topological polar surface area (TPSA) is 57.5 Å². The van der Waals surface area contributed by atoms with Gasteiger partial charge >= 0.3 is 5.97 Å². The van der Waals surface area contributed by atoms with Crippen LogP contribution in [0, 0.1) is 17.3 Å². The third-order valence-electron chi connectivity index (χ3n) is 6.52. The molecule has 3 aliphatic rings. The SMILES string of the molecule is CC12CCC3c4ccc(O)cc4CCC3C1CC=C2C(=O)O. The lowest BCUT2D eigenvalue weighted by molar-refractivity contribution is -0.134. The van der Waals surface area contributed by atoms with Crippen LogP contribution in [-0.4, -0.2) is 16.2 Å². The summed E-state index contributed by atoms with van der Waals surface area (Å²) >= 11 is 0. The third kappa shape index (κ3) is 1.77. The van der Waals surface area contributed by atoms with Crippen LogP contribution in [0.25, 0.3) is 0 Å². The molecule has 4 atom stereocenters. The number of aryl methyl sites for hydroxylation is 1. The van der Waals surface area contributed by atoms with Crippen LogP contribution in [0.3, 0.4) is 0 Å². The highest BCUT2D eigenvalue weighted by atomic mass is 16.4. The Balaban J connectivity index is 1.70. The van der Waals surface area contributed by atoms with Gasteiger partial charge in [0.05, 0.1) is 0 Å². The van der Waals surface area contributed by atoms with Gasteiger partial charge < -0.3 is 10.2 Å². The fourth-order valence-corrected chi connectivity index (χ4v) is 5.47. The van der Waals surface area contributed by atoms with Crippen molar-refractivity contribution in [1.82, 2.24) is 0 Å². The molecule has 0 heterocycles. The van der Waals surface area contributed by atoms with E-state index in [-0.39, 0.29) is 5.41 Å². The van der Waals surface area contributed by atoms with Crippen molar-refractivity contribution < 1.29 is 15.0 Å². The summed E-state index contributed by atoms with van der Waals surface area (Å²) in [5.74, 6) is 1.19. The van der Waals surface area contributed by atoms with E-state index in [1.165, 1.54) is 11.1 Å². The molecule has 1 aromatic carbocycles. The summed E-state index contributed by atoms with van der Waals surface area (Å²) in [6.07, 6.45) is 7.01. The monoisotopic (exact) mass is 298 g/mol. The summed E-state index contributed by atoms with van der Waals surface area (Å²) in [6, 6.07) is 5.80. The number of hydrogen-bond acceptors (Lipinski definition) is 2. The van der Waals surface area contributed by atoms with Crippen molar-refractivity contribution in [2.45, 2.75) is 44.9 Å². The number of rotatable bonds is 1. The molecule has 3 heteroatoms. The first-order valence-electron chi connectivity index (χ1n) is 8.26. The summed E-state index contributed by atoms with van der Waals surface area (Å²) < 4.78 is 0. The van der Waals surface area contributed by atoms with E-state index >= 15 is 0 Å². The van der Waals surface area contributed by atoms with Crippen molar-refractivity contribution in [2.24, 2.45) is 17.3 Å². The molecular formula is C19H22O3. The molecule has 3 aliphatic carbocycles. The Labute approximate surface area is 130 Å². The summed E-state index contributed by atoms with van der Waals surface area (Å²) in [5, 5.41) is 19.2. The van der Waals surface area contributed by atoms with Crippen molar-refractivity contribution in [3.05, 3.63) is 41.0 Å². The Bertz CT molecular complexity index is 675. The molecule has 3 nitrogen and oxygen atoms in total. The first kappa shape index (κ1) is 13.9. The second-order valence-corrected chi connectivity index (χ2v) is 7.41. The standard InChI is InChI=1S/C19H22O3/c1-19-9-8-14-13-5-3-12(20)10-11(13)2-4-15(14)16(19)6-7-17(19)18(21)22/h3,5,7,10,14-16,20H,2,4,6,8-9H2,1H3,(H,21,22). The van der Waals surface area contributed by atoms with Crippen molar-refractivity contribution >= 4 is 5.97 Å². The first-order chi connectivity index (χ1) is 10.5. The maximum absolute atomic E-state index is 11.6. The van der Waals surface area contributed by atoms with Crippen LogP contribution in [0.2, 0.25) is 0 Å². The number of benzene rings is 1. The van der Waals surface area contributed by atoms with Gasteiger partial charge in [0.2, 0.25) is 0 Å². The van der Waals surface area contributed by atoms with Crippen LogP contribution in [0.4, 0.5) is 0 Å². The molecule has 4 rings (SSSR count). The molecule has 0 amide bonds. The normalized spacial score (nSPS) is 36.0. The lowest BCUT2D eigenvalue weighted by atomic mass is 9.54. The Kier molecular flexibility index (Phi) is 2.91. The van der Waals surface area contributed by atoms with Crippen LogP contribution < -0.4 is 0 Å². The molecule has 0 spiro atoms. The summed E-state index contributed by atoms with van der Waals surface area (Å²) in [7, 11) is 0. The number of carbonyl (C=O) groups is 1. The van der Waals surface area contributed by atoms with E-state index < -0.39 is 5.97 Å². The minimum Gasteiger partial charge on any atom is -0.508 e. The number of carboxylic acid groups (broad SMARTS) is 1. The molecule has 2 N–H and O–H groups in total. The highest BCUT2D eigenvalue weighted by Crippen LogP contribution is 2.61. The molecule has 116 valence electrons. The Morgan fingerprint density at radius 3 is 2.91 bits per heavy atom. The lowest BCUT2D eigenvalue weighted by Gasteiger charge is -2.49. The van der Waals surface area contributed by atoms with Crippen LogP contribution in [0.15, 0.2) is 29.8 Å². The second-order valence-electron chi connectivity index (χ2n) is 7.41. The van der Waals surface area contributed by atoms with Crippen LogP contribution in [0.5, 0.6) is 5.75 Å². The van der Waals surface area contributed by atoms with Crippen molar-refractivity contribution in [2.75, 3.05) is 0 Å². The minimum atomic E-state index is -0.732. The quantitative estimate of drug-likeness (QED) is 0.827. The number of carboxylic acids is 1. The van der Waals surface area contributed by atoms with E-state index in [1.807, 2.05) is 12.1 Å². The fraction of sp³-hybridized carbons (Fsp3) is 0.526. The average Bonchev–Trinajstić information content (AvgIpc) is 2.84. The van der Waals surface area contributed by atoms with Gasteiger partial charge in [-0.15, -0.1) is 0 Å². The average molecular weight is 298 g/mol. The first-order valence-corrected chi connectivity index (χ1v) is 8.26. The number of aliphatic carboxylic acids is 1. The highest BCUT2D eigenvalue weighted by Gasteiger charge is 2.53. The van der Waals surface area contributed by atoms with Gasteiger partial charge in [-0.1, -0.05) is 19.1 Å². The molecule has 0 aliphatic heterocycles. The van der Waals surface area contributed by atoms with Gasteiger partial charge in [0.15, 0.2) is 0 Å². The van der Waals surface area contributed by atoms with Gasteiger partial charge in [-0.3, -0.25) is 0 Å². The fourth-order valence-electron chi connectivity index (χ4n) is 5.47. The van der Waals surface area contributed by atoms with E-state index in [1.54, 1.807) is 6.07 Å². The number of phenolic OH excluding ortho intramolecular Hbond substituents is 1. The van der Waals surface area contributed by atoms with E-state index in [9.17, 15) is 15.0 Å². The molecule has 1 aromatic rings. The van der Waals surface area contributed by atoms with Crippen molar-refractivity contribution in [3.63, 3.8) is 0 Å². The van der Waals surface area contributed by atoms with Crippen LogP contribution in [0.1, 0.15) is 49.7 Å². The molecular weight excluding hydrogens is 276 g/mol. The summed E-state index contributed by atoms with van der Waals surface area (Å²) in [6.45, 7) is 2.16. The van der Waals surface area contributed by atoms with Gasteiger partial charge in [0, 0.05) is 11.0 Å². The minimum absolute atomic E-state index is 0.151. The number of fused-ring (bicyclic) bond motifs is 5. The molecule has 0 radical (unpaired) electrons. The highest BCUT2D eigenvalue weighted by molar-refractivity contribution is 5.89. The maximum Gasteiger partial charge on any atom is 0.331 e. The zero-order valence-corrected chi connectivity index (χ0v) is 12.9. The maximum atomic E-state index is 11.6. The number of hydrogen-bond donors (Lipinski definition) is 2. The number of aromatic hydroxyl groups is 1. The van der Waals surface area contributed by atoms with Crippen molar-refractivity contribution in [3.8, 4) is 5.75 Å². The molecule has 0 bridgehead atoms. The number of allylic oxidation sites excluding steroid dienone is 1. The zero-order chi connectivity index (χ0) is 15.5. The lowest BCUT2D eigenvalue weighted by Crippen LogP contribution is -2.42. The van der Waals surface area contributed by atoms with Crippen LogP contribution >= 0.6 is 0 Å². The summed E-state index contributed by atoms with van der Waals surface area (Å²) in [5.41, 5.74) is 3.17. The molecule has 0 aromatic heterocycles. The Morgan fingerprint density at radius 1 is 1.32 bits per heavy atom. The van der Waals surface area contributed by atoms with Gasteiger partial charge in [0.1, 0.15) is 5.75 Å². The molecule has 1 saturated carbocycles. The zero-order valence-electron chi connectivity index (χ0n) is 12.9. The van der Waals surface area contributed by atoms with Gasteiger partial charge in [-0.25, -0.2) is 4.79 Å². The van der Waals surface area contributed by atoms with E-state index in [0.29, 0.717) is 29.1 Å². The predicted octanol–water partition coefficient (Wildman–Crippen LogP) is 3.87.